The van der Waals surface area contributed by atoms with E-state index in [4.69, 9.17) is 9.11 Å². The summed E-state index contributed by atoms with van der Waals surface area (Å²) in [6.07, 6.45) is 13.0. The number of hydrogen-bond acceptors (Lipinski definition) is 6. The summed E-state index contributed by atoms with van der Waals surface area (Å²) in [5, 5.41) is 0. The second-order valence-corrected chi connectivity index (χ2v) is 8.83. The lowest BCUT2D eigenvalue weighted by Crippen LogP contribution is -2.01. The summed E-state index contributed by atoms with van der Waals surface area (Å²) in [4.78, 5) is 8.59. The summed E-state index contributed by atoms with van der Waals surface area (Å²) in [5.41, 5.74) is 0. The maximum atomic E-state index is 9.72. The molecule has 0 unspecified atom stereocenters. The third-order valence-corrected chi connectivity index (χ3v) is 4.61. The van der Waals surface area contributed by atoms with Gasteiger partial charge in [0.05, 0.1) is 11.5 Å². The topological polar surface area (TPSA) is 144 Å². The van der Waals surface area contributed by atoms with Crippen molar-refractivity contribution >= 4 is 20.2 Å². The van der Waals surface area contributed by atoms with Crippen LogP contribution in [0.3, 0.4) is 0 Å². The molecule has 0 aliphatic carbocycles. The molecule has 0 saturated carbocycles. The fourth-order valence-corrected chi connectivity index (χ4v) is 2.57. The lowest BCUT2D eigenvalue weighted by Gasteiger charge is -2.02. The fourth-order valence-electron chi connectivity index (χ4n) is 1.98. The van der Waals surface area contributed by atoms with Crippen molar-refractivity contribution in [1.82, 2.24) is 19.1 Å². The third kappa shape index (κ3) is 14.4. The van der Waals surface area contributed by atoms with E-state index in [-0.39, 0.29) is 11.5 Å². The van der Waals surface area contributed by atoms with Gasteiger partial charge in [0.15, 0.2) is 0 Å². The molecule has 0 aliphatic rings. The van der Waals surface area contributed by atoms with E-state index in [0.29, 0.717) is 0 Å². The van der Waals surface area contributed by atoms with Crippen molar-refractivity contribution in [3.63, 3.8) is 0 Å². The minimum atomic E-state index is -3.79. The fraction of sp³-hybridized carbons (Fsp3) is 0.412. The predicted molar refractivity (Wildman–Crippen MR) is 112 cm³/mol. The second kappa shape index (κ2) is 13.0. The Hall–Kier alpha value is -2.28. The molecule has 0 aliphatic heterocycles. The van der Waals surface area contributed by atoms with Crippen LogP contribution < -0.4 is 0 Å². The summed E-state index contributed by atoms with van der Waals surface area (Å²) in [6.45, 7) is 6.21. The molecule has 12 heteroatoms. The van der Waals surface area contributed by atoms with Crippen molar-refractivity contribution in [2.24, 2.45) is 14.1 Å². The summed E-state index contributed by atoms with van der Waals surface area (Å²) in [5.74, 6) is 1.55. The van der Waals surface area contributed by atoms with Crippen molar-refractivity contribution in [2.45, 2.75) is 19.3 Å². The van der Waals surface area contributed by atoms with Crippen molar-refractivity contribution in [3.8, 4) is 0 Å². The van der Waals surface area contributed by atoms with Gasteiger partial charge < -0.3 is 9.13 Å². The van der Waals surface area contributed by atoms with Crippen LogP contribution in [0.15, 0.2) is 50.1 Å². The van der Waals surface area contributed by atoms with Gasteiger partial charge in [-0.2, -0.15) is 16.8 Å². The van der Waals surface area contributed by atoms with Gasteiger partial charge in [0.1, 0.15) is 11.6 Å². The summed E-state index contributed by atoms with van der Waals surface area (Å²) < 4.78 is 58.8. The normalized spacial score (nSPS) is 10.9. The average molecular weight is 449 g/mol. The smallest absolute Gasteiger partial charge is 0.268 e. The van der Waals surface area contributed by atoms with Gasteiger partial charge in [-0.15, -0.1) is 13.2 Å². The van der Waals surface area contributed by atoms with E-state index in [1.807, 2.05) is 38.9 Å². The molecule has 0 aromatic carbocycles. The zero-order chi connectivity index (χ0) is 22.5. The number of rotatable bonds is 8. The van der Waals surface area contributed by atoms with E-state index in [1.54, 1.807) is 0 Å². The molecule has 2 aromatic heterocycles. The molecule has 0 amide bonds. The molecule has 2 heterocycles. The van der Waals surface area contributed by atoms with Gasteiger partial charge in [-0.05, 0) is 6.42 Å². The predicted octanol–water partition coefficient (Wildman–Crippen LogP) is 1.45. The highest BCUT2D eigenvalue weighted by atomic mass is 32.2. The van der Waals surface area contributed by atoms with E-state index in [1.165, 1.54) is 0 Å². The highest BCUT2D eigenvalue weighted by Gasteiger charge is 2.02. The Labute approximate surface area is 172 Å². The lowest BCUT2D eigenvalue weighted by molar-refractivity contribution is 0.484. The molecule has 2 rings (SSSR count). The monoisotopic (exact) mass is 448 g/mol. The maximum absolute atomic E-state index is 9.72. The van der Waals surface area contributed by atoms with Crippen molar-refractivity contribution in [2.75, 3.05) is 11.5 Å². The second-order valence-electron chi connectivity index (χ2n) is 5.84. The third-order valence-electron chi connectivity index (χ3n) is 3.30. The van der Waals surface area contributed by atoms with Gasteiger partial charge in [0.2, 0.25) is 0 Å². The van der Waals surface area contributed by atoms with Crippen LogP contribution in [0.4, 0.5) is 0 Å². The minimum Gasteiger partial charge on any atom is -0.338 e. The molecule has 0 atom stereocenters. The largest absolute Gasteiger partial charge is 0.338 e. The molecule has 0 spiro atoms. The molecule has 0 radical (unpaired) electrons. The van der Waals surface area contributed by atoms with Gasteiger partial charge in [0.25, 0.3) is 20.2 Å². The number of aromatic nitrogens is 4. The van der Waals surface area contributed by atoms with Gasteiger partial charge in [-0.1, -0.05) is 12.2 Å². The first-order valence-corrected chi connectivity index (χ1v) is 11.7. The number of nitrogens with zero attached hydrogens (tertiary/aromatic N) is 4. The van der Waals surface area contributed by atoms with Crippen LogP contribution in [0.2, 0.25) is 0 Å². The van der Waals surface area contributed by atoms with E-state index < -0.39 is 20.2 Å². The molecule has 0 bridgehead atoms. The van der Waals surface area contributed by atoms with E-state index in [9.17, 15) is 16.8 Å². The Bertz CT molecular complexity index is 883. The molecule has 10 nitrogen and oxygen atoms in total. The Morgan fingerprint density at radius 2 is 1.21 bits per heavy atom. The molecule has 29 heavy (non-hydrogen) atoms. The molecule has 0 saturated heterocycles. The van der Waals surface area contributed by atoms with Gasteiger partial charge in [-0.3, -0.25) is 9.11 Å². The minimum absolute atomic E-state index is 0.368. The van der Waals surface area contributed by atoms with Crippen LogP contribution in [0, 0.1) is 0 Å². The van der Waals surface area contributed by atoms with Crippen molar-refractivity contribution in [3.05, 3.63) is 61.7 Å². The molecular weight excluding hydrogens is 420 g/mol. The van der Waals surface area contributed by atoms with Crippen LogP contribution in [0.25, 0.3) is 0 Å². The maximum Gasteiger partial charge on any atom is 0.268 e. The van der Waals surface area contributed by atoms with Gasteiger partial charge in [0, 0.05) is 51.7 Å². The Balaban J connectivity index is 0.000000473. The Kier molecular flexibility index (Phi) is 12.0. The molecule has 2 N–H and O–H groups in total. The first kappa shape index (κ1) is 26.7. The van der Waals surface area contributed by atoms with E-state index in [2.05, 4.69) is 32.3 Å². The lowest BCUT2D eigenvalue weighted by atomic mass is 10.2. The molecular formula is C17H28N4O6S2. The average Bonchev–Trinajstić information content (AvgIpc) is 3.15. The van der Waals surface area contributed by atoms with Crippen molar-refractivity contribution in [1.29, 1.82) is 0 Å². The summed E-state index contributed by atoms with van der Waals surface area (Å²) >= 11 is 0. The molecule has 164 valence electrons. The quantitative estimate of drug-likeness (QED) is 0.456. The van der Waals surface area contributed by atoms with Crippen LogP contribution in [-0.4, -0.2) is 56.5 Å². The Morgan fingerprint density at radius 3 is 1.38 bits per heavy atom. The zero-order valence-corrected chi connectivity index (χ0v) is 18.2. The van der Waals surface area contributed by atoms with E-state index >= 15 is 0 Å². The van der Waals surface area contributed by atoms with Crippen LogP contribution in [0.5, 0.6) is 0 Å². The van der Waals surface area contributed by atoms with Crippen LogP contribution >= 0.6 is 0 Å². The Morgan fingerprint density at radius 1 is 0.862 bits per heavy atom. The number of aryl methyl sites for hydroxylation is 4. The van der Waals surface area contributed by atoms with Crippen LogP contribution in [-0.2, 0) is 47.2 Å². The highest BCUT2D eigenvalue weighted by Crippen LogP contribution is 2.04. The van der Waals surface area contributed by atoms with E-state index in [0.717, 1.165) is 43.1 Å². The number of imidazole rings is 2. The van der Waals surface area contributed by atoms with Gasteiger partial charge in [-0.25, -0.2) is 9.97 Å². The van der Waals surface area contributed by atoms with Crippen LogP contribution in [0.1, 0.15) is 18.1 Å². The SMILES string of the molecule is C=CCS(=O)(=O)O.C=CCS(=O)(=O)O.Cn1ccnc1CCCc1nccn1C. The molecule has 2 aromatic rings. The molecule has 0 fully saturated rings. The summed E-state index contributed by atoms with van der Waals surface area (Å²) in [6, 6.07) is 0. The first-order chi connectivity index (χ1) is 13.4. The van der Waals surface area contributed by atoms with Crippen molar-refractivity contribution < 1.29 is 25.9 Å². The zero-order valence-electron chi connectivity index (χ0n) is 16.5. The standard InChI is InChI=1S/C11H16N4.2C3H6O3S/c1-14-8-6-12-10(14)4-3-5-11-13-7-9-15(11)2;2*1-2-3-7(4,5)6/h6-9H,3-5H2,1-2H3;2*2H,1,3H2,(H,4,5,6). The van der Waals surface area contributed by atoms with Gasteiger partial charge >= 0.3 is 0 Å². The first-order valence-electron chi connectivity index (χ1n) is 8.44. The number of hydrogen-bond donors (Lipinski definition) is 2. The highest BCUT2D eigenvalue weighted by molar-refractivity contribution is 7.86. The summed E-state index contributed by atoms with van der Waals surface area (Å²) in [7, 11) is -3.52.